The minimum Gasteiger partial charge on any atom is -0.508 e. The number of rotatable bonds is 4. The molecule has 0 radical (unpaired) electrons. The molecule has 0 aliphatic carbocycles. The van der Waals surface area contributed by atoms with Gasteiger partial charge in [0.1, 0.15) is 11.4 Å². The van der Waals surface area contributed by atoms with E-state index in [1.807, 2.05) is 42.5 Å². The third-order valence-electron chi connectivity index (χ3n) is 4.67. The smallest absolute Gasteiger partial charge is 0.151 e. The van der Waals surface area contributed by atoms with Crippen molar-refractivity contribution in [1.82, 2.24) is 10.1 Å². The van der Waals surface area contributed by atoms with Gasteiger partial charge in [-0.05, 0) is 36.4 Å². The molecular weight excluding hydrogens is 350 g/mol. The van der Waals surface area contributed by atoms with Crippen LogP contribution < -0.4 is 4.90 Å². The van der Waals surface area contributed by atoms with Crippen LogP contribution >= 0.6 is 11.6 Å². The molecule has 1 aliphatic rings. The number of phenolic OH excluding ortho intramolecular Hbond substituents is 1. The highest BCUT2D eigenvalue weighted by Gasteiger charge is 2.19. The normalized spacial score (nSPS) is 15.3. The Morgan fingerprint density at radius 1 is 0.962 bits per heavy atom. The van der Waals surface area contributed by atoms with Gasteiger partial charge in [0.25, 0.3) is 0 Å². The second-order valence-corrected chi connectivity index (χ2v) is 6.90. The van der Waals surface area contributed by atoms with Crippen LogP contribution in [0.4, 0.5) is 5.69 Å². The lowest BCUT2D eigenvalue weighted by Crippen LogP contribution is -2.45. The van der Waals surface area contributed by atoms with Crippen molar-refractivity contribution in [3.63, 3.8) is 0 Å². The van der Waals surface area contributed by atoms with Gasteiger partial charge in [-0.25, -0.2) is 0 Å². The van der Waals surface area contributed by atoms with Crippen molar-refractivity contribution in [1.29, 1.82) is 0 Å². The number of aromatic nitrogens is 1. The maximum Gasteiger partial charge on any atom is 0.151 e. The lowest BCUT2D eigenvalue weighted by molar-refractivity contribution is 0.220. The Morgan fingerprint density at radius 2 is 1.65 bits per heavy atom. The third-order valence-corrected chi connectivity index (χ3v) is 4.92. The topological polar surface area (TPSA) is 52.7 Å². The van der Waals surface area contributed by atoms with Crippen LogP contribution in [0.15, 0.2) is 59.1 Å². The summed E-state index contributed by atoms with van der Waals surface area (Å²) in [5.74, 6) is 1.17. The maximum atomic E-state index is 9.41. The molecule has 0 amide bonds. The van der Waals surface area contributed by atoms with Crippen molar-refractivity contribution < 1.29 is 9.63 Å². The highest BCUT2D eigenvalue weighted by molar-refractivity contribution is 6.30. The number of aromatic hydroxyl groups is 1. The van der Waals surface area contributed by atoms with Crippen LogP contribution in [0, 0.1) is 0 Å². The number of phenols is 1. The summed E-state index contributed by atoms with van der Waals surface area (Å²) in [4.78, 5) is 4.69. The van der Waals surface area contributed by atoms with Gasteiger partial charge >= 0.3 is 0 Å². The molecule has 2 heterocycles. The zero-order valence-electron chi connectivity index (χ0n) is 14.3. The number of piperazine rings is 1. The molecule has 1 N–H and O–H groups in total. The molecule has 1 fully saturated rings. The fourth-order valence-electron chi connectivity index (χ4n) is 3.19. The summed E-state index contributed by atoms with van der Waals surface area (Å²) < 4.78 is 5.51. The van der Waals surface area contributed by atoms with E-state index < -0.39 is 0 Å². The molecule has 6 heteroatoms. The van der Waals surface area contributed by atoms with E-state index in [-0.39, 0.29) is 0 Å². The molecule has 0 spiro atoms. The Kier molecular flexibility index (Phi) is 4.82. The maximum absolute atomic E-state index is 9.41. The lowest BCUT2D eigenvalue weighted by Gasteiger charge is -2.35. The van der Waals surface area contributed by atoms with Gasteiger partial charge < -0.3 is 14.5 Å². The van der Waals surface area contributed by atoms with Crippen molar-refractivity contribution in [3.05, 3.63) is 65.4 Å². The summed E-state index contributed by atoms with van der Waals surface area (Å²) in [5.41, 5.74) is 2.98. The molecule has 1 saturated heterocycles. The summed E-state index contributed by atoms with van der Waals surface area (Å²) in [7, 11) is 0. The number of nitrogens with zero attached hydrogens (tertiary/aromatic N) is 3. The van der Waals surface area contributed by atoms with Crippen molar-refractivity contribution >= 4 is 17.3 Å². The first-order valence-corrected chi connectivity index (χ1v) is 9.03. The highest BCUT2D eigenvalue weighted by Crippen LogP contribution is 2.23. The van der Waals surface area contributed by atoms with Crippen molar-refractivity contribution in [3.8, 4) is 17.0 Å². The van der Waals surface area contributed by atoms with E-state index in [0.717, 1.165) is 55.4 Å². The van der Waals surface area contributed by atoms with Gasteiger partial charge in [0.15, 0.2) is 5.76 Å². The van der Waals surface area contributed by atoms with Gasteiger partial charge in [-0.1, -0.05) is 28.9 Å². The average molecular weight is 370 g/mol. The molecule has 3 aromatic rings. The lowest BCUT2D eigenvalue weighted by atomic mass is 10.1. The fraction of sp³-hybridized carbons (Fsp3) is 0.250. The van der Waals surface area contributed by atoms with Gasteiger partial charge in [-0.15, -0.1) is 0 Å². The summed E-state index contributed by atoms with van der Waals surface area (Å²) in [5, 5.41) is 14.3. The Bertz CT molecular complexity index is 854. The van der Waals surface area contributed by atoms with E-state index >= 15 is 0 Å². The predicted molar refractivity (Wildman–Crippen MR) is 103 cm³/mol. The number of halogens is 1. The molecule has 0 saturated carbocycles. The van der Waals surface area contributed by atoms with Gasteiger partial charge in [-0.2, -0.15) is 0 Å². The molecule has 26 heavy (non-hydrogen) atoms. The van der Waals surface area contributed by atoms with E-state index in [1.165, 1.54) is 0 Å². The molecule has 0 bridgehead atoms. The Balaban J connectivity index is 1.34. The number of benzene rings is 2. The van der Waals surface area contributed by atoms with Crippen LogP contribution in [0.2, 0.25) is 5.02 Å². The third kappa shape index (κ3) is 3.84. The molecule has 5 nitrogen and oxygen atoms in total. The first-order chi connectivity index (χ1) is 12.7. The van der Waals surface area contributed by atoms with E-state index in [9.17, 15) is 5.11 Å². The summed E-state index contributed by atoms with van der Waals surface area (Å²) in [6.07, 6.45) is 0. The van der Waals surface area contributed by atoms with E-state index in [1.54, 1.807) is 12.1 Å². The first kappa shape index (κ1) is 16.9. The summed E-state index contributed by atoms with van der Waals surface area (Å²) in [6, 6.07) is 17.0. The van der Waals surface area contributed by atoms with Gasteiger partial charge in [0.05, 0.1) is 6.54 Å². The van der Waals surface area contributed by atoms with E-state index in [0.29, 0.717) is 10.8 Å². The van der Waals surface area contributed by atoms with E-state index in [4.69, 9.17) is 16.1 Å². The van der Waals surface area contributed by atoms with Gasteiger partial charge in [0.2, 0.25) is 0 Å². The largest absolute Gasteiger partial charge is 0.508 e. The Labute approximate surface area is 157 Å². The number of hydrogen-bond donors (Lipinski definition) is 1. The molecule has 4 rings (SSSR count). The van der Waals surface area contributed by atoms with Crippen LogP contribution in [0.25, 0.3) is 11.3 Å². The zero-order valence-corrected chi connectivity index (χ0v) is 15.1. The van der Waals surface area contributed by atoms with Gasteiger partial charge in [0, 0.05) is 48.5 Å². The minimum atomic E-state index is 0.300. The predicted octanol–water partition coefficient (Wildman–Crippen LogP) is 4.02. The Morgan fingerprint density at radius 3 is 2.35 bits per heavy atom. The molecule has 0 atom stereocenters. The summed E-state index contributed by atoms with van der Waals surface area (Å²) >= 11 is 5.93. The van der Waals surface area contributed by atoms with Crippen molar-refractivity contribution in [2.45, 2.75) is 6.54 Å². The summed E-state index contributed by atoms with van der Waals surface area (Å²) in [6.45, 7) is 4.56. The second-order valence-electron chi connectivity index (χ2n) is 6.46. The molecule has 0 unspecified atom stereocenters. The minimum absolute atomic E-state index is 0.300. The second kappa shape index (κ2) is 7.40. The highest BCUT2D eigenvalue weighted by atomic mass is 35.5. The monoisotopic (exact) mass is 369 g/mol. The van der Waals surface area contributed by atoms with Crippen LogP contribution in [0.3, 0.4) is 0 Å². The zero-order chi connectivity index (χ0) is 17.9. The van der Waals surface area contributed by atoms with Crippen LogP contribution in [-0.2, 0) is 6.54 Å². The molecule has 1 aliphatic heterocycles. The molecule has 134 valence electrons. The van der Waals surface area contributed by atoms with E-state index in [2.05, 4.69) is 15.0 Å². The van der Waals surface area contributed by atoms with Crippen LogP contribution in [0.5, 0.6) is 5.75 Å². The fourth-order valence-corrected chi connectivity index (χ4v) is 3.32. The van der Waals surface area contributed by atoms with Crippen LogP contribution in [-0.4, -0.2) is 41.3 Å². The van der Waals surface area contributed by atoms with Gasteiger partial charge in [-0.3, -0.25) is 4.90 Å². The quantitative estimate of drug-likeness (QED) is 0.752. The standard InChI is InChI=1S/C20H20ClN3O2/c21-16-3-1-15(2-4-16)20-13-19(26-22-20)14-23-9-11-24(12-10-23)17-5-7-18(25)8-6-17/h1-8,13,25H,9-12,14H2. The first-order valence-electron chi connectivity index (χ1n) is 8.65. The number of anilines is 1. The van der Waals surface area contributed by atoms with Crippen molar-refractivity contribution in [2.24, 2.45) is 0 Å². The molecule has 1 aromatic heterocycles. The molecule has 2 aromatic carbocycles. The average Bonchev–Trinajstić information content (AvgIpc) is 3.12. The number of hydrogen-bond acceptors (Lipinski definition) is 5. The van der Waals surface area contributed by atoms with Crippen LogP contribution in [0.1, 0.15) is 5.76 Å². The molecular formula is C20H20ClN3O2. The van der Waals surface area contributed by atoms with Crippen molar-refractivity contribution in [2.75, 3.05) is 31.1 Å². The SMILES string of the molecule is Oc1ccc(N2CCN(Cc3cc(-c4ccc(Cl)cc4)no3)CC2)cc1. The Hall–Kier alpha value is -2.50.